The number of aromatic nitrogens is 4. The Labute approximate surface area is 248 Å². The van der Waals surface area contributed by atoms with Gasteiger partial charge in [0.15, 0.2) is 23.3 Å². The fourth-order valence-electron chi connectivity index (χ4n) is 4.95. The summed E-state index contributed by atoms with van der Waals surface area (Å²) in [6.45, 7) is 0. The third-order valence-electron chi connectivity index (χ3n) is 6.88. The van der Waals surface area contributed by atoms with Gasteiger partial charge in [0, 0.05) is 0 Å². The Morgan fingerprint density at radius 3 is 1.05 bits per heavy atom. The molecule has 2 aromatic heterocycles. The third-order valence-corrected chi connectivity index (χ3v) is 8.64. The summed E-state index contributed by atoms with van der Waals surface area (Å²) in [5.41, 5.74) is 1.96. The minimum atomic E-state index is -4.86. The number of rotatable bonds is 4. The number of fused-ring (bicyclic) bond motifs is 4. The molecule has 0 bridgehead atoms. The molecule has 44 heavy (non-hydrogen) atoms. The second-order valence-corrected chi connectivity index (χ2v) is 12.4. The summed E-state index contributed by atoms with van der Waals surface area (Å²) in [4.78, 5) is 20.5. The minimum Gasteiger partial charge on any atom is -0.506 e. The average molecular weight is 631 g/mol. The molecule has 4 aromatic carbocycles. The molecular weight excluding hydrogens is 612 g/mol. The monoisotopic (exact) mass is 630 g/mol. The first-order valence-corrected chi connectivity index (χ1v) is 15.5. The van der Waals surface area contributed by atoms with Crippen molar-refractivity contribution in [3.8, 4) is 11.5 Å². The Hall–Kier alpha value is -5.42. The van der Waals surface area contributed by atoms with Crippen molar-refractivity contribution in [1.29, 1.82) is 0 Å². The van der Waals surface area contributed by atoms with E-state index in [2.05, 4.69) is 0 Å². The highest BCUT2D eigenvalue weighted by Gasteiger charge is 2.37. The molecule has 14 nitrogen and oxygen atoms in total. The van der Waals surface area contributed by atoms with Crippen molar-refractivity contribution in [3.63, 3.8) is 0 Å². The molecule has 0 radical (unpaired) electrons. The lowest BCUT2D eigenvalue weighted by Crippen LogP contribution is -2.28. The molecule has 0 spiro atoms. The van der Waals surface area contributed by atoms with Crippen molar-refractivity contribution in [3.05, 3.63) is 84.9 Å². The molecular formula is C28H18N6O8S2. The molecule has 0 aliphatic carbocycles. The fraction of sp³-hybridized carbons (Fsp3) is 0. The van der Waals surface area contributed by atoms with Crippen LogP contribution in [0.4, 0.5) is 34.6 Å². The van der Waals surface area contributed by atoms with Crippen LogP contribution in [0.5, 0.6) is 11.5 Å². The number of nitrogens with zero attached hydrogens (tertiary/aromatic N) is 6. The van der Waals surface area contributed by atoms with Gasteiger partial charge in [0.2, 0.25) is 0 Å². The highest BCUT2D eigenvalue weighted by molar-refractivity contribution is 7.86. The topological polar surface area (TPSA) is 207 Å². The quantitative estimate of drug-likeness (QED) is 0.194. The van der Waals surface area contributed by atoms with Crippen LogP contribution in [0.15, 0.2) is 94.7 Å². The number of benzene rings is 4. The number of hydrogen-bond donors (Lipinski definition) is 4. The van der Waals surface area contributed by atoms with Gasteiger partial charge in [-0.15, -0.1) is 0 Å². The summed E-state index contributed by atoms with van der Waals surface area (Å²) in [6.07, 6.45) is 0. The van der Waals surface area contributed by atoms with E-state index < -0.39 is 41.5 Å². The zero-order valence-electron chi connectivity index (χ0n) is 22.0. The lowest BCUT2D eigenvalue weighted by atomic mass is 10.2. The van der Waals surface area contributed by atoms with Gasteiger partial charge < -0.3 is 10.2 Å². The second kappa shape index (κ2) is 9.55. The van der Waals surface area contributed by atoms with Gasteiger partial charge >= 0.3 is 0 Å². The van der Waals surface area contributed by atoms with Gasteiger partial charge in [-0.2, -0.15) is 16.8 Å². The van der Waals surface area contributed by atoms with Gasteiger partial charge in [-0.1, -0.05) is 24.3 Å². The predicted molar refractivity (Wildman–Crippen MR) is 159 cm³/mol. The van der Waals surface area contributed by atoms with Gasteiger partial charge in [0.25, 0.3) is 20.2 Å². The molecule has 0 amide bonds. The third kappa shape index (κ3) is 4.40. The van der Waals surface area contributed by atoms with Crippen LogP contribution in [0.1, 0.15) is 0 Å². The maximum absolute atomic E-state index is 12.1. The van der Waals surface area contributed by atoms with Crippen LogP contribution in [0.3, 0.4) is 0 Å². The maximum Gasteiger partial charge on any atom is 0.298 e. The number of phenols is 2. The van der Waals surface area contributed by atoms with Crippen molar-refractivity contribution in [2.75, 3.05) is 9.80 Å². The molecule has 6 aromatic rings. The molecule has 0 saturated carbocycles. The summed E-state index contributed by atoms with van der Waals surface area (Å²) in [6, 6.07) is 20.8. The van der Waals surface area contributed by atoms with Crippen LogP contribution in [-0.2, 0) is 20.2 Å². The SMILES string of the molecule is O=S(=O)(O)c1cc(N2c3nc4ccccc4nc3N(c3ccc(O)c(S(=O)(=O)O)c3)c3nc4ccccc4nc32)ccc1O. The number of phenolic OH excluding ortho intramolecular Hbond substituents is 2. The maximum atomic E-state index is 12.1. The molecule has 7 rings (SSSR count). The second-order valence-electron chi connectivity index (χ2n) is 9.64. The van der Waals surface area contributed by atoms with Crippen molar-refractivity contribution >= 4 is 76.9 Å². The minimum absolute atomic E-state index is 0.0919. The van der Waals surface area contributed by atoms with Gasteiger partial charge in [-0.05, 0) is 60.7 Å². The van der Waals surface area contributed by atoms with Crippen LogP contribution in [-0.4, -0.2) is 56.1 Å². The number of aromatic hydroxyl groups is 2. The van der Waals surface area contributed by atoms with E-state index in [1.54, 1.807) is 48.5 Å². The van der Waals surface area contributed by atoms with E-state index >= 15 is 0 Å². The van der Waals surface area contributed by atoms with Crippen LogP contribution >= 0.6 is 0 Å². The van der Waals surface area contributed by atoms with E-state index in [0.717, 1.165) is 24.3 Å². The predicted octanol–water partition coefficient (Wildman–Crippen LogP) is 4.73. The van der Waals surface area contributed by atoms with E-state index in [-0.39, 0.29) is 34.6 Å². The van der Waals surface area contributed by atoms with E-state index in [1.807, 2.05) is 0 Å². The molecule has 0 unspecified atom stereocenters. The van der Waals surface area contributed by atoms with Crippen molar-refractivity contribution in [2.24, 2.45) is 0 Å². The Balaban J connectivity index is 1.61. The van der Waals surface area contributed by atoms with E-state index in [4.69, 9.17) is 19.9 Å². The largest absolute Gasteiger partial charge is 0.506 e. The molecule has 220 valence electrons. The Kier molecular flexibility index (Phi) is 5.95. The lowest BCUT2D eigenvalue weighted by molar-refractivity contribution is 0.441. The molecule has 16 heteroatoms. The highest BCUT2D eigenvalue weighted by Crippen LogP contribution is 2.52. The van der Waals surface area contributed by atoms with E-state index in [1.165, 1.54) is 21.9 Å². The smallest absolute Gasteiger partial charge is 0.298 e. The van der Waals surface area contributed by atoms with Gasteiger partial charge in [0.1, 0.15) is 21.3 Å². The van der Waals surface area contributed by atoms with Crippen molar-refractivity contribution in [1.82, 2.24) is 19.9 Å². The van der Waals surface area contributed by atoms with E-state index in [0.29, 0.717) is 22.1 Å². The van der Waals surface area contributed by atoms with Gasteiger partial charge in [0.05, 0.1) is 33.4 Å². The molecule has 4 N–H and O–H groups in total. The summed E-state index contributed by atoms with van der Waals surface area (Å²) in [5, 5.41) is 20.5. The summed E-state index contributed by atoms with van der Waals surface area (Å²) in [7, 11) is -9.72. The van der Waals surface area contributed by atoms with Gasteiger partial charge in [-0.3, -0.25) is 18.9 Å². The molecule has 0 fully saturated rings. The average Bonchev–Trinajstić information content (AvgIpc) is 2.98. The zero-order valence-corrected chi connectivity index (χ0v) is 23.6. The van der Waals surface area contributed by atoms with Gasteiger partial charge in [-0.25, -0.2) is 19.9 Å². The fourth-order valence-corrected chi connectivity index (χ4v) is 6.15. The Morgan fingerprint density at radius 1 is 0.477 bits per heavy atom. The molecule has 1 aliphatic heterocycles. The number of anilines is 6. The normalized spacial score (nSPS) is 13.2. The number of para-hydroxylation sites is 4. The van der Waals surface area contributed by atoms with E-state index in [9.17, 15) is 36.2 Å². The van der Waals surface area contributed by atoms with Crippen LogP contribution in [0, 0.1) is 0 Å². The first-order chi connectivity index (χ1) is 20.9. The Morgan fingerprint density at radius 2 is 0.773 bits per heavy atom. The first-order valence-electron chi connectivity index (χ1n) is 12.6. The highest BCUT2D eigenvalue weighted by atomic mass is 32.2. The zero-order chi connectivity index (χ0) is 31.0. The molecule has 0 saturated heterocycles. The molecule has 0 atom stereocenters. The van der Waals surface area contributed by atoms with Crippen LogP contribution in [0.2, 0.25) is 0 Å². The first kappa shape index (κ1) is 27.4. The summed E-state index contributed by atoms with van der Waals surface area (Å²) in [5.74, 6) is -1.01. The van der Waals surface area contributed by atoms with Crippen LogP contribution < -0.4 is 9.80 Å². The summed E-state index contributed by atoms with van der Waals surface area (Å²) >= 11 is 0. The van der Waals surface area contributed by atoms with Crippen molar-refractivity contribution < 1.29 is 36.2 Å². The standard InChI is InChI=1S/C28H18N6O8S2/c35-21-11-9-15(13-23(21)43(37,38)39)33-25-26(30-18-6-2-1-5-17(18)29-25)34(16-10-12-22(36)24(14-16)44(40,41)42)28-27(33)31-19-7-3-4-8-20(19)32-28/h1-14,35-36H,(H,37,38,39)(H,40,41,42). The molecule has 3 heterocycles. The lowest BCUT2D eigenvalue weighted by Gasteiger charge is -2.37. The number of hydrogen-bond acceptors (Lipinski definition) is 12. The van der Waals surface area contributed by atoms with Crippen LogP contribution in [0.25, 0.3) is 22.1 Å². The Bertz CT molecular complexity index is 2150. The van der Waals surface area contributed by atoms with Crippen molar-refractivity contribution in [2.45, 2.75) is 9.79 Å². The molecule has 1 aliphatic rings. The summed E-state index contributed by atoms with van der Waals surface area (Å²) < 4.78 is 68.1.